The fourth-order valence-electron chi connectivity index (χ4n) is 2.50. The minimum Gasteiger partial charge on any atom is -0.383 e. The second kappa shape index (κ2) is 7.43. The van der Waals surface area contributed by atoms with Crippen molar-refractivity contribution in [2.75, 3.05) is 13.7 Å². The Morgan fingerprint density at radius 1 is 1.28 bits per heavy atom. The van der Waals surface area contributed by atoms with E-state index < -0.39 is 0 Å². The highest BCUT2D eigenvalue weighted by Gasteiger charge is 2.09. The number of benzene rings is 2. The van der Waals surface area contributed by atoms with Crippen molar-refractivity contribution < 1.29 is 9.53 Å². The van der Waals surface area contributed by atoms with Gasteiger partial charge in [0, 0.05) is 19.2 Å². The van der Waals surface area contributed by atoms with Crippen LogP contribution in [0, 0.1) is 18.3 Å². The van der Waals surface area contributed by atoms with Crippen LogP contribution in [0.2, 0.25) is 0 Å². The lowest BCUT2D eigenvalue weighted by Crippen LogP contribution is -2.19. The number of hydrogen-bond acceptors (Lipinski definition) is 4. The summed E-state index contributed by atoms with van der Waals surface area (Å²) in [5, 5.41) is 8.85. The summed E-state index contributed by atoms with van der Waals surface area (Å²) in [4.78, 5) is 17.4. The molecule has 0 atom stereocenters. The summed E-state index contributed by atoms with van der Waals surface area (Å²) in [5.41, 5.74) is 3.19. The monoisotopic (exact) mass is 351 g/mol. The first-order valence-corrected chi connectivity index (χ1v) is 8.62. The molecule has 126 valence electrons. The average Bonchev–Trinajstić information content (AvgIpc) is 2.95. The van der Waals surface area contributed by atoms with Gasteiger partial charge in [-0.05, 0) is 48.9 Å². The van der Waals surface area contributed by atoms with Gasteiger partial charge in [-0.1, -0.05) is 17.4 Å². The Hall–Kier alpha value is -2.75. The van der Waals surface area contributed by atoms with Crippen LogP contribution in [0.15, 0.2) is 47.5 Å². The second-order valence-corrected chi connectivity index (χ2v) is 6.62. The molecule has 0 aliphatic rings. The Bertz CT molecular complexity index is 1020. The van der Waals surface area contributed by atoms with Gasteiger partial charge in [-0.3, -0.25) is 4.79 Å². The number of amides is 1. The number of hydrogen-bond donors (Lipinski definition) is 0. The standard InChI is InChI=1S/C19H17N3O2S/c1-13-3-8-16-17(11-13)25-19(22(16)9-10-24-2)21-18(23)15-6-4-14(12-20)5-7-15/h3-8,11H,9-10H2,1-2H3. The molecule has 1 heterocycles. The Labute approximate surface area is 149 Å². The maximum absolute atomic E-state index is 12.5. The van der Waals surface area contributed by atoms with Gasteiger partial charge in [0.2, 0.25) is 0 Å². The first-order valence-electron chi connectivity index (χ1n) is 7.80. The van der Waals surface area contributed by atoms with Crippen molar-refractivity contribution in [1.82, 2.24) is 4.57 Å². The molecule has 6 heteroatoms. The molecular formula is C19H17N3O2S. The molecule has 0 fully saturated rings. The number of ether oxygens (including phenoxy) is 1. The Morgan fingerprint density at radius 2 is 2.04 bits per heavy atom. The van der Waals surface area contributed by atoms with Crippen molar-refractivity contribution in [2.45, 2.75) is 13.5 Å². The smallest absolute Gasteiger partial charge is 0.279 e. The number of nitrogens with zero attached hydrogens (tertiary/aromatic N) is 3. The van der Waals surface area contributed by atoms with E-state index in [1.165, 1.54) is 11.3 Å². The summed E-state index contributed by atoms with van der Waals surface area (Å²) in [7, 11) is 1.65. The van der Waals surface area contributed by atoms with E-state index in [1.807, 2.05) is 29.7 Å². The number of carbonyl (C=O) groups excluding carboxylic acids is 1. The number of fused-ring (bicyclic) bond motifs is 1. The molecule has 25 heavy (non-hydrogen) atoms. The molecule has 0 spiro atoms. The largest absolute Gasteiger partial charge is 0.383 e. The minimum absolute atomic E-state index is 0.320. The lowest BCUT2D eigenvalue weighted by atomic mass is 10.1. The molecule has 0 radical (unpaired) electrons. The highest BCUT2D eigenvalue weighted by atomic mass is 32.1. The van der Waals surface area contributed by atoms with E-state index in [2.05, 4.69) is 11.1 Å². The van der Waals surface area contributed by atoms with Crippen LogP contribution in [-0.4, -0.2) is 24.2 Å². The molecular weight excluding hydrogens is 334 g/mol. The number of rotatable bonds is 4. The van der Waals surface area contributed by atoms with Crippen LogP contribution in [0.4, 0.5) is 0 Å². The van der Waals surface area contributed by atoms with Crippen molar-refractivity contribution in [2.24, 2.45) is 4.99 Å². The predicted octanol–water partition coefficient (Wildman–Crippen LogP) is 3.27. The van der Waals surface area contributed by atoms with Crippen molar-refractivity contribution >= 4 is 27.5 Å². The normalized spacial score (nSPS) is 11.6. The highest BCUT2D eigenvalue weighted by molar-refractivity contribution is 7.16. The fraction of sp³-hybridized carbons (Fsp3) is 0.211. The van der Waals surface area contributed by atoms with E-state index in [0.717, 1.165) is 15.8 Å². The van der Waals surface area contributed by atoms with Gasteiger partial charge in [0.1, 0.15) is 0 Å². The molecule has 0 aliphatic carbocycles. The first-order chi connectivity index (χ1) is 12.1. The first kappa shape index (κ1) is 17.1. The van der Waals surface area contributed by atoms with Crippen molar-refractivity contribution in [1.29, 1.82) is 5.26 Å². The summed E-state index contributed by atoms with van der Waals surface area (Å²) >= 11 is 1.49. The van der Waals surface area contributed by atoms with Gasteiger partial charge in [-0.15, -0.1) is 0 Å². The van der Waals surface area contributed by atoms with E-state index in [0.29, 0.717) is 29.1 Å². The van der Waals surface area contributed by atoms with Crippen molar-refractivity contribution in [3.05, 3.63) is 64.0 Å². The zero-order valence-corrected chi connectivity index (χ0v) is 14.8. The number of carbonyl (C=O) groups is 1. The maximum atomic E-state index is 12.5. The minimum atomic E-state index is -0.320. The van der Waals surface area contributed by atoms with Crippen LogP contribution >= 0.6 is 11.3 Å². The van der Waals surface area contributed by atoms with E-state index in [-0.39, 0.29) is 5.91 Å². The molecule has 0 unspecified atom stereocenters. The van der Waals surface area contributed by atoms with Crippen LogP contribution in [0.1, 0.15) is 21.5 Å². The van der Waals surface area contributed by atoms with Crippen LogP contribution in [0.5, 0.6) is 0 Å². The predicted molar refractivity (Wildman–Crippen MR) is 97.5 cm³/mol. The molecule has 0 saturated heterocycles. The molecule has 3 rings (SSSR count). The van der Waals surface area contributed by atoms with Crippen LogP contribution in [0.3, 0.4) is 0 Å². The molecule has 0 aliphatic heterocycles. The van der Waals surface area contributed by atoms with Crippen molar-refractivity contribution in [3.8, 4) is 6.07 Å². The number of methoxy groups -OCH3 is 1. The zero-order valence-electron chi connectivity index (χ0n) is 14.0. The Morgan fingerprint density at radius 3 is 2.72 bits per heavy atom. The molecule has 0 bridgehead atoms. The Kier molecular flexibility index (Phi) is 5.08. The molecule has 0 N–H and O–H groups in total. The third-order valence-electron chi connectivity index (χ3n) is 3.82. The van der Waals surface area contributed by atoms with Gasteiger partial charge in [0.05, 0.1) is 28.5 Å². The average molecular weight is 351 g/mol. The third-order valence-corrected chi connectivity index (χ3v) is 4.86. The lowest BCUT2D eigenvalue weighted by Gasteiger charge is -2.04. The van der Waals surface area contributed by atoms with E-state index in [1.54, 1.807) is 31.4 Å². The summed E-state index contributed by atoms with van der Waals surface area (Å²) < 4.78 is 8.27. The number of aromatic nitrogens is 1. The van der Waals surface area contributed by atoms with Gasteiger partial charge in [-0.25, -0.2) is 0 Å². The highest BCUT2D eigenvalue weighted by Crippen LogP contribution is 2.19. The topological polar surface area (TPSA) is 67.4 Å². The quantitative estimate of drug-likeness (QED) is 0.724. The lowest BCUT2D eigenvalue weighted by molar-refractivity contribution is 0.0997. The number of thiazole rings is 1. The van der Waals surface area contributed by atoms with Crippen LogP contribution in [0.25, 0.3) is 10.2 Å². The summed E-state index contributed by atoms with van der Waals surface area (Å²) in [5.74, 6) is -0.320. The van der Waals surface area contributed by atoms with Gasteiger partial charge >= 0.3 is 0 Å². The maximum Gasteiger partial charge on any atom is 0.279 e. The molecule has 5 nitrogen and oxygen atoms in total. The van der Waals surface area contributed by atoms with E-state index in [4.69, 9.17) is 10.00 Å². The van der Waals surface area contributed by atoms with Crippen LogP contribution in [-0.2, 0) is 11.3 Å². The van der Waals surface area contributed by atoms with Crippen molar-refractivity contribution in [3.63, 3.8) is 0 Å². The van der Waals surface area contributed by atoms with E-state index >= 15 is 0 Å². The second-order valence-electron chi connectivity index (χ2n) is 5.61. The van der Waals surface area contributed by atoms with Crippen LogP contribution < -0.4 is 4.80 Å². The molecule has 3 aromatic rings. The fourth-order valence-corrected chi connectivity index (χ4v) is 3.66. The summed E-state index contributed by atoms with van der Waals surface area (Å²) in [6.45, 7) is 3.20. The molecule has 2 aromatic carbocycles. The number of aryl methyl sites for hydroxylation is 1. The zero-order chi connectivity index (χ0) is 17.8. The molecule has 0 saturated carbocycles. The van der Waals surface area contributed by atoms with Gasteiger partial charge < -0.3 is 9.30 Å². The summed E-state index contributed by atoms with van der Waals surface area (Å²) in [6, 6.07) is 14.7. The van der Waals surface area contributed by atoms with Gasteiger partial charge in [0.25, 0.3) is 5.91 Å². The van der Waals surface area contributed by atoms with Gasteiger partial charge in [0.15, 0.2) is 4.80 Å². The molecule has 1 amide bonds. The Balaban J connectivity index is 2.07. The third kappa shape index (κ3) is 3.68. The van der Waals surface area contributed by atoms with Gasteiger partial charge in [-0.2, -0.15) is 10.3 Å². The SMILES string of the molecule is COCCn1c(=NC(=O)c2ccc(C#N)cc2)sc2cc(C)ccc21. The number of nitriles is 1. The molecule has 1 aromatic heterocycles. The van der Waals surface area contributed by atoms with E-state index in [9.17, 15) is 4.79 Å². The summed E-state index contributed by atoms with van der Waals surface area (Å²) in [6.07, 6.45) is 0.